The van der Waals surface area contributed by atoms with Gasteiger partial charge in [-0.05, 0) is 63.2 Å². The van der Waals surface area contributed by atoms with Gasteiger partial charge in [-0.2, -0.15) is 4.31 Å². The molecule has 1 saturated carbocycles. The largest absolute Gasteiger partial charge is 0.454 e. The number of hydrogen-bond acceptors (Lipinski definition) is 7. The third kappa shape index (κ3) is 5.11. The van der Waals surface area contributed by atoms with Gasteiger partial charge in [-0.15, -0.1) is 0 Å². The third-order valence-electron chi connectivity index (χ3n) is 8.42. The second kappa shape index (κ2) is 9.49. The Morgan fingerprint density at radius 2 is 1.51 bits per heavy atom. The molecule has 5 rings (SSSR count). The van der Waals surface area contributed by atoms with Gasteiger partial charge in [-0.25, -0.2) is 13.2 Å². The predicted molar refractivity (Wildman–Crippen MR) is 149 cm³/mol. The van der Waals surface area contributed by atoms with E-state index in [1.165, 1.54) is 4.31 Å². The molecule has 7 atom stereocenters. The smallest absolute Gasteiger partial charge is 0.338 e. The van der Waals surface area contributed by atoms with E-state index in [0.29, 0.717) is 5.56 Å². The van der Waals surface area contributed by atoms with Gasteiger partial charge in [0.25, 0.3) is 0 Å². The number of benzene rings is 2. The molecule has 0 spiro atoms. The van der Waals surface area contributed by atoms with Crippen LogP contribution in [0.3, 0.4) is 0 Å². The van der Waals surface area contributed by atoms with E-state index in [4.69, 9.17) is 18.6 Å². The van der Waals surface area contributed by atoms with Crippen LogP contribution in [0.15, 0.2) is 59.5 Å². The van der Waals surface area contributed by atoms with Crippen molar-refractivity contribution in [2.75, 3.05) is 0 Å². The first kappa shape index (κ1) is 28.4. The lowest BCUT2D eigenvalue weighted by Crippen LogP contribution is -2.59. The summed E-state index contributed by atoms with van der Waals surface area (Å²) in [5, 5.41) is -0.139. The van der Waals surface area contributed by atoms with Crippen LogP contribution in [0.2, 0.25) is 18.1 Å². The zero-order valence-electron chi connectivity index (χ0n) is 23.9. The van der Waals surface area contributed by atoms with Crippen molar-refractivity contribution in [1.82, 2.24) is 4.31 Å². The van der Waals surface area contributed by atoms with Crippen LogP contribution in [0.25, 0.3) is 0 Å². The van der Waals surface area contributed by atoms with E-state index in [1.54, 1.807) is 48.5 Å². The molecule has 2 saturated heterocycles. The van der Waals surface area contributed by atoms with E-state index >= 15 is 0 Å². The number of carbonyl (C=O) groups excluding carboxylic acids is 1. The highest BCUT2D eigenvalue weighted by molar-refractivity contribution is 7.89. The summed E-state index contributed by atoms with van der Waals surface area (Å²) in [4.78, 5) is 13.5. The molecule has 0 N–H and O–H groups in total. The van der Waals surface area contributed by atoms with Crippen LogP contribution in [0.5, 0.6) is 0 Å². The van der Waals surface area contributed by atoms with E-state index in [0.717, 1.165) is 5.56 Å². The van der Waals surface area contributed by atoms with Crippen LogP contribution in [0.4, 0.5) is 0 Å². The number of hydrogen-bond donors (Lipinski definition) is 0. The Labute approximate surface area is 232 Å². The molecule has 3 fully saturated rings. The maximum atomic E-state index is 13.9. The minimum Gasteiger partial charge on any atom is -0.454 e. The number of carbonyl (C=O) groups is 1. The summed E-state index contributed by atoms with van der Waals surface area (Å²) in [7, 11) is -6.32. The predicted octanol–water partition coefficient (Wildman–Crippen LogP) is 4.89. The molecule has 2 aromatic rings. The standard InChI is InChI=1S/C29H39NO7SSi/c1-18-14-16-20(17-15-18)38(32,33)30-21-22(30)24-25(36-29(5,6)35-24)26(37-39(7,8)28(2,3)4)23(21)34-27(31)19-12-10-9-11-13-19/h9-17,21-26H,1-8H3/t21-,22+,23+,24-,25-,26-,30?/m0/s1. The lowest BCUT2D eigenvalue weighted by Gasteiger charge is -2.44. The number of aryl methyl sites for hydroxylation is 1. The van der Waals surface area contributed by atoms with Crippen LogP contribution in [0.1, 0.15) is 50.5 Å². The molecule has 39 heavy (non-hydrogen) atoms. The summed E-state index contributed by atoms with van der Waals surface area (Å²) in [6, 6.07) is 14.3. The average Bonchev–Trinajstić information content (AvgIpc) is 3.51. The van der Waals surface area contributed by atoms with E-state index in [1.807, 2.05) is 26.8 Å². The summed E-state index contributed by atoms with van der Waals surface area (Å²) in [5.41, 5.74) is 1.35. The maximum Gasteiger partial charge on any atom is 0.338 e. The van der Waals surface area contributed by atoms with Crippen molar-refractivity contribution in [2.45, 2.75) is 107 Å². The molecule has 8 nitrogen and oxygen atoms in total. The van der Waals surface area contributed by atoms with Crippen molar-refractivity contribution >= 4 is 24.3 Å². The topological polar surface area (TPSA) is 91.1 Å². The van der Waals surface area contributed by atoms with Crippen LogP contribution in [-0.4, -0.2) is 69.3 Å². The first-order valence-electron chi connectivity index (χ1n) is 13.4. The lowest BCUT2D eigenvalue weighted by atomic mass is 9.89. The molecule has 2 heterocycles. The number of sulfonamides is 1. The number of fused-ring (bicyclic) bond motifs is 3. The monoisotopic (exact) mass is 573 g/mol. The highest BCUT2D eigenvalue weighted by Crippen LogP contribution is 2.54. The van der Waals surface area contributed by atoms with Gasteiger partial charge in [0.2, 0.25) is 10.0 Å². The SMILES string of the molecule is Cc1ccc(S(=O)(=O)N2[C@@H]3[C@@H](OC(=O)c4ccccc4)[C@H](O[Si](C)(C)C(C)(C)C)[C@H]4OC(C)(C)O[C@H]4[C@@H]32)cc1. The van der Waals surface area contributed by atoms with E-state index in [2.05, 4.69) is 33.9 Å². The van der Waals surface area contributed by atoms with Crippen molar-refractivity contribution in [3.05, 3.63) is 65.7 Å². The summed E-state index contributed by atoms with van der Waals surface area (Å²) in [6.45, 7) is 16.2. The third-order valence-corrected chi connectivity index (χ3v) is 14.8. The fraction of sp³-hybridized carbons (Fsp3) is 0.552. The van der Waals surface area contributed by atoms with E-state index in [9.17, 15) is 13.2 Å². The van der Waals surface area contributed by atoms with Crippen LogP contribution in [0, 0.1) is 6.92 Å². The van der Waals surface area contributed by atoms with Gasteiger partial charge in [-0.3, -0.25) is 0 Å². The highest BCUT2D eigenvalue weighted by atomic mass is 32.2. The molecule has 0 radical (unpaired) electrons. The quantitative estimate of drug-likeness (QED) is 0.276. The molecule has 0 amide bonds. The Morgan fingerprint density at radius 1 is 0.923 bits per heavy atom. The van der Waals surface area contributed by atoms with Gasteiger partial charge < -0.3 is 18.6 Å². The molecule has 2 aromatic carbocycles. The summed E-state index contributed by atoms with van der Waals surface area (Å²) in [6.07, 6.45) is -2.76. The first-order valence-corrected chi connectivity index (χ1v) is 17.8. The molecule has 3 aliphatic rings. The molecule has 10 heteroatoms. The van der Waals surface area contributed by atoms with Crippen molar-refractivity contribution < 1.29 is 31.8 Å². The molecule has 1 unspecified atom stereocenters. The summed E-state index contributed by atoms with van der Waals surface area (Å²) in [5.74, 6) is -1.48. The van der Waals surface area contributed by atoms with Gasteiger partial charge in [0, 0.05) is 0 Å². The Morgan fingerprint density at radius 3 is 2.10 bits per heavy atom. The van der Waals surface area contributed by atoms with Gasteiger partial charge in [0.1, 0.15) is 24.4 Å². The molecule has 2 aliphatic heterocycles. The van der Waals surface area contributed by atoms with E-state index in [-0.39, 0.29) is 9.93 Å². The second-order valence-corrected chi connectivity index (χ2v) is 19.4. The second-order valence-electron chi connectivity index (χ2n) is 12.8. The molecular weight excluding hydrogens is 534 g/mol. The maximum absolute atomic E-state index is 13.9. The zero-order chi connectivity index (χ0) is 28.5. The lowest BCUT2D eigenvalue weighted by molar-refractivity contribution is -0.159. The highest BCUT2D eigenvalue weighted by Gasteiger charge is 2.74. The van der Waals surface area contributed by atoms with Crippen LogP contribution >= 0.6 is 0 Å². The molecule has 212 valence electrons. The van der Waals surface area contributed by atoms with Gasteiger partial charge >= 0.3 is 5.97 Å². The summed E-state index contributed by atoms with van der Waals surface area (Å²) >= 11 is 0. The Balaban J connectivity index is 1.58. The number of esters is 1. The van der Waals surface area contributed by atoms with Crippen molar-refractivity contribution in [3.8, 4) is 0 Å². The van der Waals surface area contributed by atoms with Gasteiger partial charge in [0.05, 0.1) is 22.5 Å². The van der Waals surface area contributed by atoms with Crippen LogP contribution < -0.4 is 0 Å². The molecular formula is C29H39NO7SSi. The van der Waals surface area contributed by atoms with E-state index < -0.39 is 66.6 Å². The average molecular weight is 574 g/mol. The molecule has 0 bridgehead atoms. The number of nitrogens with zero attached hydrogens (tertiary/aromatic N) is 1. The normalized spacial score (nSPS) is 31.7. The fourth-order valence-corrected chi connectivity index (χ4v) is 8.45. The first-order chi connectivity index (χ1) is 18.0. The number of rotatable bonds is 6. The fourth-order valence-electron chi connectivity index (χ4n) is 5.35. The van der Waals surface area contributed by atoms with Gasteiger partial charge in [0.15, 0.2) is 14.1 Å². The number of ether oxygens (including phenoxy) is 3. The minimum absolute atomic E-state index is 0.139. The van der Waals surface area contributed by atoms with Crippen LogP contribution in [-0.2, 0) is 28.7 Å². The van der Waals surface area contributed by atoms with Crippen molar-refractivity contribution in [2.24, 2.45) is 0 Å². The summed E-state index contributed by atoms with van der Waals surface area (Å²) < 4.78 is 55.1. The van der Waals surface area contributed by atoms with Crippen molar-refractivity contribution in [1.29, 1.82) is 0 Å². The van der Waals surface area contributed by atoms with Crippen molar-refractivity contribution in [3.63, 3.8) is 0 Å². The Kier molecular flexibility index (Phi) is 6.92. The van der Waals surface area contributed by atoms with Gasteiger partial charge in [-0.1, -0.05) is 56.7 Å². The molecule has 1 aliphatic carbocycles. The Bertz CT molecular complexity index is 1340. The minimum atomic E-state index is -3.91. The molecule has 0 aromatic heterocycles. The Hall–Kier alpha value is -2.08. The zero-order valence-corrected chi connectivity index (χ0v) is 25.7.